The summed E-state index contributed by atoms with van der Waals surface area (Å²) in [5.74, 6) is 0.936. The van der Waals surface area contributed by atoms with Gasteiger partial charge in [-0.3, -0.25) is 4.79 Å². The number of hydrazine groups is 1. The Hall–Kier alpha value is -4.00. The number of anilines is 4. The Bertz CT molecular complexity index is 1110. The quantitative estimate of drug-likeness (QED) is 0.546. The summed E-state index contributed by atoms with van der Waals surface area (Å²) in [5, 5.41) is 18.9. The first-order chi connectivity index (χ1) is 16.2. The van der Waals surface area contributed by atoms with E-state index < -0.39 is 0 Å². The maximum Gasteiger partial charge on any atom is 0.246 e. The van der Waals surface area contributed by atoms with E-state index in [1.807, 2.05) is 65.7 Å². The van der Waals surface area contributed by atoms with Gasteiger partial charge in [0.2, 0.25) is 11.9 Å². The first kappa shape index (κ1) is 22.2. The number of nitrogens with zero attached hydrogens (tertiary/aromatic N) is 5. The number of benzene rings is 2. The number of nitriles is 1. The number of amides is 1. The fourth-order valence-corrected chi connectivity index (χ4v) is 3.51. The molecule has 0 unspecified atom stereocenters. The SMILES string of the molecule is N#CCC(=O)Nc1cccc(CNc2ccnc(N(c3ccccc3)N3CCOCC3)n2)c1. The highest BCUT2D eigenvalue weighted by Crippen LogP contribution is 2.25. The highest BCUT2D eigenvalue weighted by atomic mass is 16.5. The van der Waals surface area contributed by atoms with Crippen molar-refractivity contribution in [3.8, 4) is 6.07 Å². The molecule has 168 valence electrons. The van der Waals surface area contributed by atoms with Crippen LogP contribution >= 0.6 is 0 Å². The average molecular weight is 444 g/mol. The number of para-hydroxylation sites is 1. The third kappa shape index (κ3) is 6.04. The van der Waals surface area contributed by atoms with Gasteiger partial charge in [-0.2, -0.15) is 10.2 Å². The molecule has 9 nitrogen and oxygen atoms in total. The summed E-state index contributed by atoms with van der Waals surface area (Å²) in [6, 6.07) is 21.2. The Morgan fingerprint density at radius 3 is 2.73 bits per heavy atom. The number of hydrogen-bond donors (Lipinski definition) is 2. The predicted octanol–water partition coefficient (Wildman–Crippen LogP) is 3.33. The Morgan fingerprint density at radius 2 is 1.94 bits per heavy atom. The molecule has 1 fully saturated rings. The summed E-state index contributed by atoms with van der Waals surface area (Å²) < 4.78 is 5.52. The number of rotatable bonds is 8. The summed E-state index contributed by atoms with van der Waals surface area (Å²) in [6.45, 7) is 3.33. The van der Waals surface area contributed by atoms with E-state index in [0.29, 0.717) is 37.2 Å². The fraction of sp³-hybridized carbons (Fsp3) is 0.250. The first-order valence-electron chi connectivity index (χ1n) is 10.7. The summed E-state index contributed by atoms with van der Waals surface area (Å²) in [4.78, 5) is 20.9. The standard InChI is InChI=1S/C24H25N7O2/c25-11-9-23(32)28-20-6-4-5-19(17-20)18-27-22-10-12-26-24(29-22)31(21-7-2-1-3-8-21)30-13-15-33-16-14-30/h1-8,10,12,17H,9,13-16,18H2,(H,28,32)(H,26,27,29). The van der Waals surface area contributed by atoms with E-state index in [9.17, 15) is 4.79 Å². The molecule has 9 heteroatoms. The van der Waals surface area contributed by atoms with Crippen molar-refractivity contribution in [2.45, 2.75) is 13.0 Å². The van der Waals surface area contributed by atoms with E-state index in [0.717, 1.165) is 24.3 Å². The summed E-state index contributed by atoms with van der Waals surface area (Å²) in [7, 11) is 0. The van der Waals surface area contributed by atoms with Gasteiger partial charge >= 0.3 is 0 Å². The van der Waals surface area contributed by atoms with Gasteiger partial charge in [0, 0.05) is 31.5 Å². The molecule has 1 aromatic heterocycles. The fourth-order valence-electron chi connectivity index (χ4n) is 3.51. The van der Waals surface area contributed by atoms with Crippen molar-refractivity contribution in [3.63, 3.8) is 0 Å². The van der Waals surface area contributed by atoms with E-state index in [1.54, 1.807) is 12.3 Å². The molecule has 1 saturated heterocycles. The van der Waals surface area contributed by atoms with Crippen LogP contribution in [0.2, 0.25) is 0 Å². The molecule has 1 amide bonds. The number of carbonyl (C=O) groups excluding carboxylic acids is 1. The number of carbonyl (C=O) groups is 1. The molecule has 3 aromatic rings. The molecule has 0 bridgehead atoms. The van der Waals surface area contributed by atoms with E-state index in [2.05, 4.69) is 20.6 Å². The molecule has 2 aromatic carbocycles. The lowest BCUT2D eigenvalue weighted by Gasteiger charge is -2.37. The zero-order valence-electron chi connectivity index (χ0n) is 18.1. The number of ether oxygens (including phenoxy) is 1. The van der Waals surface area contributed by atoms with Crippen LogP contribution in [-0.4, -0.2) is 47.2 Å². The second-order valence-corrected chi connectivity index (χ2v) is 7.39. The van der Waals surface area contributed by atoms with Crippen molar-refractivity contribution < 1.29 is 9.53 Å². The van der Waals surface area contributed by atoms with Gasteiger partial charge in [0.1, 0.15) is 12.2 Å². The van der Waals surface area contributed by atoms with Crippen LogP contribution in [0.3, 0.4) is 0 Å². The van der Waals surface area contributed by atoms with Crippen LogP contribution < -0.4 is 15.6 Å². The first-order valence-corrected chi connectivity index (χ1v) is 10.7. The van der Waals surface area contributed by atoms with Gasteiger partial charge in [-0.05, 0) is 35.9 Å². The molecule has 0 atom stereocenters. The Labute approximate surface area is 192 Å². The van der Waals surface area contributed by atoms with Gasteiger partial charge in [0.05, 0.1) is 25.0 Å². The number of nitrogens with one attached hydrogen (secondary N) is 2. The molecule has 0 aliphatic carbocycles. The second-order valence-electron chi connectivity index (χ2n) is 7.39. The molecule has 0 spiro atoms. The topological polar surface area (TPSA) is 106 Å². The van der Waals surface area contributed by atoms with Gasteiger partial charge < -0.3 is 15.4 Å². The minimum Gasteiger partial charge on any atom is -0.379 e. The largest absolute Gasteiger partial charge is 0.379 e. The monoisotopic (exact) mass is 443 g/mol. The van der Waals surface area contributed by atoms with Crippen molar-refractivity contribution in [2.75, 3.05) is 41.9 Å². The highest BCUT2D eigenvalue weighted by Gasteiger charge is 2.23. The molecule has 0 radical (unpaired) electrons. The smallest absolute Gasteiger partial charge is 0.246 e. The lowest BCUT2D eigenvalue weighted by Crippen LogP contribution is -2.47. The van der Waals surface area contributed by atoms with Crippen LogP contribution in [0.4, 0.5) is 23.1 Å². The van der Waals surface area contributed by atoms with Gasteiger partial charge in [0.25, 0.3) is 0 Å². The average Bonchev–Trinajstić information content (AvgIpc) is 2.85. The van der Waals surface area contributed by atoms with Crippen LogP contribution in [0.1, 0.15) is 12.0 Å². The van der Waals surface area contributed by atoms with Crippen molar-refractivity contribution in [2.24, 2.45) is 0 Å². The molecule has 1 aliphatic heterocycles. The zero-order valence-corrected chi connectivity index (χ0v) is 18.1. The molecule has 1 aliphatic rings. The van der Waals surface area contributed by atoms with Crippen molar-refractivity contribution in [3.05, 3.63) is 72.4 Å². The molecule has 2 heterocycles. The number of hydrogen-bond acceptors (Lipinski definition) is 8. The van der Waals surface area contributed by atoms with E-state index in [4.69, 9.17) is 15.0 Å². The van der Waals surface area contributed by atoms with Crippen LogP contribution in [0, 0.1) is 11.3 Å². The second kappa shape index (κ2) is 11.0. The number of morpholine rings is 1. The maximum absolute atomic E-state index is 11.7. The zero-order chi connectivity index (χ0) is 22.9. The van der Waals surface area contributed by atoms with Gasteiger partial charge in [-0.1, -0.05) is 30.3 Å². The van der Waals surface area contributed by atoms with Crippen molar-refractivity contribution >= 4 is 29.0 Å². The predicted molar refractivity (Wildman–Crippen MR) is 126 cm³/mol. The molecular weight excluding hydrogens is 418 g/mol. The van der Waals surface area contributed by atoms with Crippen LogP contribution in [0.15, 0.2) is 66.9 Å². The summed E-state index contributed by atoms with van der Waals surface area (Å²) >= 11 is 0. The molecule has 2 N–H and O–H groups in total. The normalized spacial score (nSPS) is 13.7. The lowest BCUT2D eigenvalue weighted by atomic mass is 10.2. The molecular formula is C24H25N7O2. The minimum absolute atomic E-state index is 0.173. The summed E-state index contributed by atoms with van der Waals surface area (Å²) in [5.41, 5.74) is 2.61. The Balaban J connectivity index is 1.49. The molecule has 4 rings (SSSR count). The third-order valence-corrected chi connectivity index (χ3v) is 5.03. The van der Waals surface area contributed by atoms with E-state index in [1.165, 1.54) is 0 Å². The maximum atomic E-state index is 11.7. The highest BCUT2D eigenvalue weighted by molar-refractivity contribution is 5.92. The molecule has 0 saturated carbocycles. The summed E-state index contributed by atoms with van der Waals surface area (Å²) in [6.07, 6.45) is 1.56. The number of aromatic nitrogens is 2. The van der Waals surface area contributed by atoms with E-state index in [-0.39, 0.29) is 12.3 Å². The Morgan fingerprint density at radius 1 is 1.12 bits per heavy atom. The van der Waals surface area contributed by atoms with Crippen LogP contribution in [0.5, 0.6) is 0 Å². The van der Waals surface area contributed by atoms with Gasteiger partial charge in [-0.15, -0.1) is 0 Å². The van der Waals surface area contributed by atoms with Crippen molar-refractivity contribution in [1.82, 2.24) is 15.0 Å². The third-order valence-electron chi connectivity index (χ3n) is 5.03. The van der Waals surface area contributed by atoms with Gasteiger partial charge in [0.15, 0.2) is 0 Å². The Kier molecular flexibility index (Phi) is 7.43. The molecule has 33 heavy (non-hydrogen) atoms. The van der Waals surface area contributed by atoms with Crippen molar-refractivity contribution in [1.29, 1.82) is 5.26 Å². The van der Waals surface area contributed by atoms with E-state index >= 15 is 0 Å². The van der Waals surface area contributed by atoms with Crippen LogP contribution in [0.25, 0.3) is 0 Å². The lowest BCUT2D eigenvalue weighted by molar-refractivity contribution is -0.115. The minimum atomic E-state index is -0.327. The van der Waals surface area contributed by atoms with Gasteiger partial charge in [-0.25, -0.2) is 15.0 Å². The van der Waals surface area contributed by atoms with Crippen LogP contribution in [-0.2, 0) is 16.1 Å².